The fourth-order valence-corrected chi connectivity index (χ4v) is 3.18. The number of aromatic nitrogens is 4. The van der Waals surface area contributed by atoms with Crippen LogP contribution in [0.5, 0.6) is 0 Å². The highest BCUT2D eigenvalue weighted by molar-refractivity contribution is 6.30. The first-order valence-corrected chi connectivity index (χ1v) is 9.31. The third-order valence-electron chi connectivity index (χ3n) is 4.47. The molecule has 4 aromatic rings. The summed E-state index contributed by atoms with van der Waals surface area (Å²) in [6, 6.07) is 12.2. The second-order valence-corrected chi connectivity index (χ2v) is 6.87. The zero-order chi connectivity index (χ0) is 19.7. The van der Waals surface area contributed by atoms with Crippen LogP contribution in [-0.4, -0.2) is 19.7 Å². The lowest BCUT2D eigenvalue weighted by molar-refractivity contribution is 0.432. The molecule has 2 aromatic carbocycles. The lowest BCUT2D eigenvalue weighted by Crippen LogP contribution is -2.35. The van der Waals surface area contributed by atoms with Crippen LogP contribution in [0.2, 0.25) is 5.02 Å². The number of benzene rings is 2. The van der Waals surface area contributed by atoms with E-state index in [9.17, 15) is 9.59 Å². The maximum absolute atomic E-state index is 12.6. The van der Waals surface area contributed by atoms with E-state index in [1.807, 2.05) is 13.0 Å². The summed E-state index contributed by atoms with van der Waals surface area (Å²) in [5, 5.41) is 5.00. The first kappa shape index (κ1) is 18.2. The van der Waals surface area contributed by atoms with Crippen LogP contribution >= 0.6 is 11.6 Å². The molecule has 0 saturated heterocycles. The molecule has 2 aromatic heterocycles. The van der Waals surface area contributed by atoms with Gasteiger partial charge in [0.25, 0.3) is 11.4 Å². The first-order valence-electron chi connectivity index (χ1n) is 8.93. The minimum Gasteiger partial charge on any atom is -0.334 e. The smallest absolute Gasteiger partial charge is 0.328 e. The molecule has 1 N–H and O–H groups in total. The molecular formula is C20H17ClN4O3. The highest BCUT2D eigenvalue weighted by Crippen LogP contribution is 2.25. The Hall–Kier alpha value is -3.19. The monoisotopic (exact) mass is 396 g/mol. The summed E-state index contributed by atoms with van der Waals surface area (Å²) in [5.41, 5.74) is 1.05. The van der Waals surface area contributed by atoms with Crippen molar-refractivity contribution in [3.05, 3.63) is 68.3 Å². The molecule has 4 rings (SSSR count). The first-order chi connectivity index (χ1) is 13.6. The van der Waals surface area contributed by atoms with E-state index in [1.54, 1.807) is 36.4 Å². The summed E-state index contributed by atoms with van der Waals surface area (Å²) in [6.07, 6.45) is 1.66. The van der Waals surface area contributed by atoms with Gasteiger partial charge >= 0.3 is 5.69 Å². The molecule has 0 aliphatic rings. The molecule has 0 fully saturated rings. The Kier molecular flexibility index (Phi) is 4.83. The number of aromatic amines is 1. The van der Waals surface area contributed by atoms with Gasteiger partial charge in [-0.05, 0) is 36.8 Å². The average molecular weight is 397 g/mol. The van der Waals surface area contributed by atoms with Crippen molar-refractivity contribution < 1.29 is 4.52 Å². The topological polar surface area (TPSA) is 93.8 Å². The zero-order valence-corrected chi connectivity index (χ0v) is 15.9. The van der Waals surface area contributed by atoms with Gasteiger partial charge in [0.15, 0.2) is 0 Å². The van der Waals surface area contributed by atoms with E-state index < -0.39 is 5.69 Å². The van der Waals surface area contributed by atoms with E-state index >= 15 is 0 Å². The Morgan fingerprint density at radius 1 is 1.14 bits per heavy atom. The van der Waals surface area contributed by atoms with E-state index in [0.29, 0.717) is 33.9 Å². The molecule has 0 bridgehead atoms. The molecule has 0 aliphatic carbocycles. The molecule has 2 heterocycles. The fraction of sp³-hybridized carbons (Fsp3) is 0.200. The summed E-state index contributed by atoms with van der Waals surface area (Å²) in [6.45, 7) is 2.41. The van der Waals surface area contributed by atoms with E-state index in [2.05, 4.69) is 15.1 Å². The van der Waals surface area contributed by atoms with Crippen LogP contribution < -0.4 is 11.2 Å². The SMILES string of the molecule is CCCCn1c(=O)[nH]c2cc(-c3nc(-c4cccc(Cl)c4)no3)ccc2c1=O. The minimum atomic E-state index is -0.423. The molecule has 0 amide bonds. The molecule has 28 heavy (non-hydrogen) atoms. The van der Waals surface area contributed by atoms with Crippen molar-refractivity contribution in [2.24, 2.45) is 0 Å². The third-order valence-corrected chi connectivity index (χ3v) is 4.71. The number of H-pyrrole nitrogens is 1. The summed E-state index contributed by atoms with van der Waals surface area (Å²) in [7, 11) is 0. The van der Waals surface area contributed by atoms with Crippen molar-refractivity contribution in [3.8, 4) is 22.8 Å². The number of halogens is 1. The van der Waals surface area contributed by atoms with Gasteiger partial charge in [0.1, 0.15) is 0 Å². The number of nitrogens with zero attached hydrogens (tertiary/aromatic N) is 3. The van der Waals surface area contributed by atoms with Crippen molar-refractivity contribution >= 4 is 22.5 Å². The van der Waals surface area contributed by atoms with Gasteiger partial charge in [-0.15, -0.1) is 0 Å². The van der Waals surface area contributed by atoms with E-state index in [4.69, 9.17) is 16.1 Å². The van der Waals surface area contributed by atoms with Crippen LogP contribution in [0.15, 0.2) is 56.6 Å². The number of hydrogen-bond donors (Lipinski definition) is 1. The Morgan fingerprint density at radius 3 is 2.79 bits per heavy atom. The Morgan fingerprint density at radius 2 is 2.00 bits per heavy atom. The predicted octanol–water partition coefficient (Wildman–Crippen LogP) is 3.86. The number of hydrogen-bond acceptors (Lipinski definition) is 5. The third kappa shape index (κ3) is 3.36. The highest BCUT2D eigenvalue weighted by atomic mass is 35.5. The van der Waals surface area contributed by atoms with Gasteiger partial charge in [-0.1, -0.05) is 42.2 Å². The molecule has 0 unspecified atom stereocenters. The van der Waals surface area contributed by atoms with Gasteiger partial charge in [-0.2, -0.15) is 4.98 Å². The maximum atomic E-state index is 12.6. The van der Waals surface area contributed by atoms with Gasteiger partial charge < -0.3 is 9.51 Å². The normalized spacial score (nSPS) is 11.2. The number of rotatable bonds is 5. The highest BCUT2D eigenvalue weighted by Gasteiger charge is 2.13. The number of unbranched alkanes of at least 4 members (excludes halogenated alkanes) is 1. The van der Waals surface area contributed by atoms with Gasteiger partial charge in [-0.3, -0.25) is 9.36 Å². The number of nitrogens with one attached hydrogen (secondary N) is 1. The summed E-state index contributed by atoms with van der Waals surface area (Å²) in [4.78, 5) is 32.0. The Labute approximate surface area is 164 Å². The second-order valence-electron chi connectivity index (χ2n) is 6.43. The second kappa shape index (κ2) is 7.44. The van der Waals surface area contributed by atoms with Crippen molar-refractivity contribution in [2.75, 3.05) is 0 Å². The van der Waals surface area contributed by atoms with Crippen LogP contribution in [0.1, 0.15) is 19.8 Å². The molecule has 0 atom stereocenters. The number of fused-ring (bicyclic) bond motifs is 1. The lowest BCUT2D eigenvalue weighted by Gasteiger charge is -2.06. The zero-order valence-electron chi connectivity index (χ0n) is 15.1. The van der Waals surface area contributed by atoms with Gasteiger partial charge in [0, 0.05) is 22.7 Å². The quantitative estimate of drug-likeness (QED) is 0.552. The van der Waals surface area contributed by atoms with Gasteiger partial charge in [0.2, 0.25) is 5.82 Å². The van der Waals surface area contributed by atoms with Crippen LogP contribution in [0.3, 0.4) is 0 Å². The largest absolute Gasteiger partial charge is 0.334 e. The average Bonchev–Trinajstić information content (AvgIpc) is 3.18. The standard InChI is InChI=1S/C20H17ClN4O3/c1-2-3-9-25-19(26)15-8-7-13(11-16(15)22-20(25)27)18-23-17(24-28-18)12-5-4-6-14(21)10-12/h4-8,10-11H,2-3,9H2,1H3,(H,22,27). The van der Waals surface area contributed by atoms with Crippen molar-refractivity contribution in [1.29, 1.82) is 0 Å². The Bertz CT molecular complexity index is 1270. The van der Waals surface area contributed by atoms with E-state index in [0.717, 1.165) is 18.4 Å². The van der Waals surface area contributed by atoms with Crippen molar-refractivity contribution in [2.45, 2.75) is 26.3 Å². The molecular weight excluding hydrogens is 380 g/mol. The molecule has 8 heteroatoms. The molecule has 7 nitrogen and oxygen atoms in total. The van der Waals surface area contributed by atoms with Gasteiger partial charge in [0.05, 0.1) is 10.9 Å². The van der Waals surface area contributed by atoms with Gasteiger partial charge in [-0.25, -0.2) is 4.79 Å². The Balaban J connectivity index is 1.75. The summed E-state index contributed by atoms with van der Waals surface area (Å²) >= 11 is 6.01. The van der Waals surface area contributed by atoms with Crippen LogP contribution in [-0.2, 0) is 6.54 Å². The lowest BCUT2D eigenvalue weighted by atomic mass is 10.1. The van der Waals surface area contributed by atoms with E-state index in [1.165, 1.54) is 4.57 Å². The predicted molar refractivity (Wildman–Crippen MR) is 107 cm³/mol. The molecule has 0 aliphatic heterocycles. The maximum Gasteiger partial charge on any atom is 0.328 e. The van der Waals surface area contributed by atoms with E-state index in [-0.39, 0.29) is 11.4 Å². The van der Waals surface area contributed by atoms with Crippen LogP contribution in [0, 0.1) is 0 Å². The van der Waals surface area contributed by atoms with Crippen molar-refractivity contribution in [1.82, 2.24) is 19.7 Å². The minimum absolute atomic E-state index is 0.285. The van der Waals surface area contributed by atoms with Crippen LogP contribution in [0.25, 0.3) is 33.7 Å². The van der Waals surface area contributed by atoms with Crippen LogP contribution in [0.4, 0.5) is 0 Å². The van der Waals surface area contributed by atoms with Crippen molar-refractivity contribution in [3.63, 3.8) is 0 Å². The molecule has 0 spiro atoms. The molecule has 142 valence electrons. The molecule has 0 radical (unpaired) electrons. The fourth-order valence-electron chi connectivity index (χ4n) is 2.99. The summed E-state index contributed by atoms with van der Waals surface area (Å²) in [5.74, 6) is 0.689. The summed E-state index contributed by atoms with van der Waals surface area (Å²) < 4.78 is 6.58. The molecule has 0 saturated carbocycles.